The first-order chi connectivity index (χ1) is 5.16. The van der Waals surface area contributed by atoms with Gasteiger partial charge in [-0.05, 0) is 27.2 Å². The predicted molar refractivity (Wildman–Crippen MR) is 45.0 cm³/mol. The number of esters is 1. The molecule has 0 bridgehead atoms. The summed E-state index contributed by atoms with van der Waals surface area (Å²) in [7, 11) is 0. The number of hydrogen-bond donors (Lipinski definition) is 0. The van der Waals surface area contributed by atoms with Gasteiger partial charge in [0.2, 0.25) is 0 Å². The molecule has 0 aromatic rings. The Morgan fingerprint density at radius 3 is 2.73 bits per heavy atom. The van der Waals surface area contributed by atoms with Gasteiger partial charge in [0.05, 0.1) is 6.10 Å². The fraction of sp³-hybridized carbons (Fsp3) is 0.556. The third-order valence-electron chi connectivity index (χ3n) is 1.05. The topological polar surface area (TPSA) is 26.3 Å². The lowest BCUT2D eigenvalue weighted by Crippen LogP contribution is -2.10. The van der Waals surface area contributed by atoms with Crippen molar-refractivity contribution in [2.45, 2.75) is 32.8 Å². The molecule has 11 heavy (non-hydrogen) atoms. The summed E-state index contributed by atoms with van der Waals surface area (Å²) in [4.78, 5) is 10.9. The summed E-state index contributed by atoms with van der Waals surface area (Å²) in [5, 5.41) is 0. The average molecular weight is 155 g/mol. The van der Waals surface area contributed by atoms with E-state index >= 15 is 0 Å². The van der Waals surface area contributed by atoms with Gasteiger partial charge in [0.15, 0.2) is 0 Å². The van der Waals surface area contributed by atoms with E-state index in [9.17, 15) is 4.79 Å². The fourth-order valence-corrected chi connectivity index (χ4v) is 0.641. The van der Waals surface area contributed by atoms with Crippen molar-refractivity contribution < 1.29 is 9.53 Å². The number of hydrogen-bond acceptors (Lipinski definition) is 2. The molecule has 2 heteroatoms. The predicted octanol–water partition coefficient (Wildman–Crippen LogP) is 2.11. The standard InChI is InChI=1S/C9H15O2/c1-4-5-6-7-9(10)11-8(2)3/h4-5,8H,1,6-7H2,2-3H3/b5-4+. The molecule has 0 spiro atoms. The Balaban J connectivity index is 3.37. The van der Waals surface area contributed by atoms with E-state index in [1.54, 1.807) is 6.08 Å². The maximum absolute atomic E-state index is 10.9. The van der Waals surface area contributed by atoms with Crippen LogP contribution >= 0.6 is 0 Å². The van der Waals surface area contributed by atoms with E-state index in [0.29, 0.717) is 6.42 Å². The molecule has 0 aliphatic rings. The van der Waals surface area contributed by atoms with Gasteiger partial charge in [0.25, 0.3) is 0 Å². The molecule has 0 saturated carbocycles. The highest BCUT2D eigenvalue weighted by Gasteiger charge is 2.02. The first-order valence-corrected chi connectivity index (χ1v) is 3.80. The van der Waals surface area contributed by atoms with Crippen molar-refractivity contribution in [3.05, 3.63) is 19.1 Å². The number of ether oxygens (including phenoxy) is 1. The zero-order chi connectivity index (χ0) is 8.69. The first kappa shape index (κ1) is 10.2. The van der Waals surface area contributed by atoms with E-state index in [1.165, 1.54) is 0 Å². The molecular weight excluding hydrogens is 140 g/mol. The molecule has 0 rings (SSSR count). The smallest absolute Gasteiger partial charge is 0.306 e. The van der Waals surface area contributed by atoms with Gasteiger partial charge in [-0.25, -0.2) is 0 Å². The van der Waals surface area contributed by atoms with Crippen molar-refractivity contribution in [3.63, 3.8) is 0 Å². The van der Waals surface area contributed by atoms with Crippen LogP contribution in [0.4, 0.5) is 0 Å². The largest absolute Gasteiger partial charge is 0.463 e. The molecule has 0 saturated heterocycles. The summed E-state index contributed by atoms with van der Waals surface area (Å²) < 4.78 is 4.90. The highest BCUT2D eigenvalue weighted by Crippen LogP contribution is 1.97. The van der Waals surface area contributed by atoms with Crippen LogP contribution in [0.2, 0.25) is 0 Å². The molecule has 0 aromatic heterocycles. The highest BCUT2D eigenvalue weighted by molar-refractivity contribution is 5.69. The van der Waals surface area contributed by atoms with Crippen LogP contribution in [0, 0.1) is 6.92 Å². The molecule has 63 valence electrons. The van der Waals surface area contributed by atoms with Crippen LogP contribution in [-0.4, -0.2) is 12.1 Å². The van der Waals surface area contributed by atoms with Crippen molar-refractivity contribution in [2.24, 2.45) is 0 Å². The SMILES string of the molecule is [CH2]/C=C/CCC(=O)OC(C)C. The fourth-order valence-electron chi connectivity index (χ4n) is 0.641. The van der Waals surface area contributed by atoms with Crippen molar-refractivity contribution in [1.29, 1.82) is 0 Å². The molecule has 0 aromatic carbocycles. The number of carbonyl (C=O) groups is 1. The molecule has 0 unspecified atom stereocenters. The van der Waals surface area contributed by atoms with Gasteiger partial charge in [-0.2, -0.15) is 0 Å². The average Bonchev–Trinajstić information content (AvgIpc) is 1.86. The Morgan fingerprint density at radius 1 is 1.64 bits per heavy atom. The Hall–Kier alpha value is -0.790. The molecule has 0 aliphatic carbocycles. The van der Waals surface area contributed by atoms with E-state index in [0.717, 1.165) is 6.42 Å². The monoisotopic (exact) mass is 155 g/mol. The van der Waals surface area contributed by atoms with Crippen molar-refractivity contribution in [2.75, 3.05) is 0 Å². The number of rotatable bonds is 4. The lowest BCUT2D eigenvalue weighted by atomic mass is 10.3. The van der Waals surface area contributed by atoms with E-state index in [1.807, 2.05) is 19.9 Å². The maximum Gasteiger partial charge on any atom is 0.306 e. The molecule has 0 aliphatic heterocycles. The van der Waals surface area contributed by atoms with Crippen molar-refractivity contribution >= 4 is 5.97 Å². The van der Waals surface area contributed by atoms with Gasteiger partial charge in [0, 0.05) is 6.42 Å². The number of allylic oxidation sites excluding steroid dienone is 2. The van der Waals surface area contributed by atoms with Gasteiger partial charge >= 0.3 is 5.97 Å². The second-order valence-electron chi connectivity index (χ2n) is 2.55. The third-order valence-corrected chi connectivity index (χ3v) is 1.05. The molecule has 2 nitrogen and oxygen atoms in total. The molecule has 1 radical (unpaired) electrons. The third kappa shape index (κ3) is 7.10. The summed E-state index contributed by atoms with van der Waals surface area (Å²) in [6, 6.07) is 0. The van der Waals surface area contributed by atoms with Crippen LogP contribution in [-0.2, 0) is 9.53 Å². The van der Waals surface area contributed by atoms with Gasteiger partial charge in [0.1, 0.15) is 0 Å². The summed E-state index contributed by atoms with van der Waals surface area (Å²) in [6.45, 7) is 7.20. The van der Waals surface area contributed by atoms with E-state index in [-0.39, 0.29) is 12.1 Å². The zero-order valence-corrected chi connectivity index (χ0v) is 7.17. The van der Waals surface area contributed by atoms with Crippen LogP contribution in [0.1, 0.15) is 26.7 Å². The summed E-state index contributed by atoms with van der Waals surface area (Å²) in [5.74, 6) is -0.141. The van der Waals surface area contributed by atoms with E-state index < -0.39 is 0 Å². The Labute approximate surface area is 68.2 Å². The lowest BCUT2D eigenvalue weighted by molar-refractivity contribution is -0.147. The van der Waals surface area contributed by atoms with E-state index in [2.05, 4.69) is 6.92 Å². The van der Waals surface area contributed by atoms with E-state index in [4.69, 9.17) is 4.74 Å². The molecular formula is C9H15O2. The van der Waals surface area contributed by atoms with Crippen LogP contribution in [0.25, 0.3) is 0 Å². The minimum Gasteiger partial charge on any atom is -0.463 e. The second-order valence-corrected chi connectivity index (χ2v) is 2.55. The summed E-state index contributed by atoms with van der Waals surface area (Å²) in [5.41, 5.74) is 0. The van der Waals surface area contributed by atoms with Crippen LogP contribution in [0.3, 0.4) is 0 Å². The van der Waals surface area contributed by atoms with Gasteiger partial charge in [-0.3, -0.25) is 4.79 Å². The maximum atomic E-state index is 10.9. The van der Waals surface area contributed by atoms with Crippen molar-refractivity contribution in [1.82, 2.24) is 0 Å². The molecule has 0 atom stereocenters. The van der Waals surface area contributed by atoms with Crippen LogP contribution in [0.15, 0.2) is 12.2 Å². The Morgan fingerprint density at radius 2 is 2.27 bits per heavy atom. The van der Waals surface area contributed by atoms with Gasteiger partial charge in [-0.15, -0.1) is 0 Å². The Kier molecular flexibility index (Phi) is 5.53. The van der Waals surface area contributed by atoms with Crippen LogP contribution in [0.5, 0.6) is 0 Å². The summed E-state index contributed by atoms with van der Waals surface area (Å²) >= 11 is 0. The van der Waals surface area contributed by atoms with Gasteiger partial charge in [-0.1, -0.05) is 12.2 Å². The Bertz CT molecular complexity index is 136. The molecule has 0 fully saturated rings. The zero-order valence-electron chi connectivity index (χ0n) is 7.17. The minimum atomic E-state index is -0.141. The lowest BCUT2D eigenvalue weighted by Gasteiger charge is -2.05. The minimum absolute atomic E-state index is 0.00812. The number of carbonyl (C=O) groups excluding carboxylic acids is 1. The summed E-state index contributed by atoms with van der Waals surface area (Å²) in [6.07, 6.45) is 4.69. The van der Waals surface area contributed by atoms with Gasteiger partial charge < -0.3 is 4.74 Å². The van der Waals surface area contributed by atoms with Crippen molar-refractivity contribution in [3.8, 4) is 0 Å². The quantitative estimate of drug-likeness (QED) is 0.581. The molecule has 0 heterocycles. The second kappa shape index (κ2) is 5.96. The molecule has 0 N–H and O–H groups in total. The first-order valence-electron chi connectivity index (χ1n) is 3.80. The van der Waals surface area contributed by atoms with Crippen LogP contribution < -0.4 is 0 Å². The highest BCUT2D eigenvalue weighted by atomic mass is 16.5. The molecule has 0 amide bonds. The normalized spacial score (nSPS) is 10.9.